The van der Waals surface area contributed by atoms with Gasteiger partial charge in [-0.25, -0.2) is 9.79 Å². The van der Waals surface area contributed by atoms with Crippen molar-refractivity contribution < 1.29 is 19.4 Å². The van der Waals surface area contributed by atoms with Crippen LogP contribution in [-0.4, -0.2) is 40.7 Å². The van der Waals surface area contributed by atoms with Gasteiger partial charge in [-0.15, -0.1) is 0 Å². The number of amides is 1. The molecule has 1 N–H and O–H groups in total. The summed E-state index contributed by atoms with van der Waals surface area (Å²) in [6.45, 7) is 2.05. The predicted octanol–water partition coefficient (Wildman–Crippen LogP) is 5.11. The van der Waals surface area contributed by atoms with Crippen molar-refractivity contribution in [1.82, 2.24) is 4.90 Å². The quantitative estimate of drug-likeness (QED) is 0.516. The van der Waals surface area contributed by atoms with Crippen molar-refractivity contribution in [2.75, 3.05) is 13.7 Å². The molecule has 0 spiro atoms. The fraction of sp³-hybridized carbons (Fsp3) is 0.150. The van der Waals surface area contributed by atoms with Crippen LogP contribution in [0.15, 0.2) is 46.3 Å². The van der Waals surface area contributed by atoms with Crippen LogP contribution in [0.2, 0.25) is 10.0 Å². The minimum absolute atomic E-state index is 0.101. The number of nitrogens with zero attached hydrogens (tertiary/aromatic N) is 2. The summed E-state index contributed by atoms with van der Waals surface area (Å²) in [7, 11) is 1.62. The maximum atomic E-state index is 12.5. The van der Waals surface area contributed by atoms with Gasteiger partial charge in [-0.05, 0) is 66.7 Å². The lowest BCUT2D eigenvalue weighted by atomic mass is 10.2. The highest BCUT2D eigenvalue weighted by Crippen LogP contribution is 2.36. The Bertz CT molecular complexity index is 1010. The van der Waals surface area contributed by atoms with Crippen LogP contribution in [-0.2, 0) is 9.53 Å². The van der Waals surface area contributed by atoms with Gasteiger partial charge in [0.25, 0.3) is 5.91 Å². The zero-order valence-corrected chi connectivity index (χ0v) is 17.8. The lowest BCUT2D eigenvalue weighted by molar-refractivity contribution is -0.121. The molecule has 2 aromatic carbocycles. The van der Waals surface area contributed by atoms with Crippen molar-refractivity contribution in [1.29, 1.82) is 0 Å². The van der Waals surface area contributed by atoms with E-state index in [1.165, 1.54) is 28.8 Å². The van der Waals surface area contributed by atoms with E-state index in [1.807, 2.05) is 0 Å². The molecule has 0 aliphatic carbocycles. The lowest BCUT2D eigenvalue weighted by Crippen LogP contribution is -2.23. The summed E-state index contributed by atoms with van der Waals surface area (Å²) < 4.78 is 4.95. The number of aliphatic imine (C=N–C) groups is 1. The van der Waals surface area contributed by atoms with Crippen LogP contribution < -0.4 is 0 Å². The van der Waals surface area contributed by atoms with Crippen LogP contribution in [0.4, 0.5) is 5.69 Å². The molecule has 0 radical (unpaired) electrons. The molecule has 6 nitrogen and oxygen atoms in total. The fourth-order valence-electron chi connectivity index (χ4n) is 2.47. The topological polar surface area (TPSA) is 79.2 Å². The molecule has 1 aliphatic rings. The van der Waals surface area contributed by atoms with Crippen molar-refractivity contribution >= 4 is 63.8 Å². The normalized spacial score (nSPS) is 16.7. The first-order chi connectivity index (χ1) is 13.8. The number of amidine groups is 1. The Hall–Kier alpha value is -2.48. The number of phenolic OH excluding ortho intramolecular Hbond substituents is 1. The molecular formula is C20H16Cl2N2O4S. The highest BCUT2D eigenvalue weighted by atomic mass is 35.5. The number of rotatable bonds is 4. The van der Waals surface area contributed by atoms with Gasteiger partial charge in [0.2, 0.25) is 0 Å². The molecule has 0 aromatic heterocycles. The van der Waals surface area contributed by atoms with E-state index in [0.717, 1.165) is 0 Å². The Morgan fingerprint density at radius 3 is 2.45 bits per heavy atom. The number of carbonyl (C=O) groups is 2. The van der Waals surface area contributed by atoms with E-state index in [4.69, 9.17) is 27.9 Å². The van der Waals surface area contributed by atoms with Crippen molar-refractivity contribution in [3.8, 4) is 5.75 Å². The van der Waals surface area contributed by atoms with Crippen molar-refractivity contribution in [2.24, 2.45) is 4.99 Å². The molecular weight excluding hydrogens is 435 g/mol. The third kappa shape index (κ3) is 4.75. The second-order valence-electron chi connectivity index (χ2n) is 5.97. The second-order valence-corrected chi connectivity index (χ2v) is 7.79. The largest absolute Gasteiger partial charge is 0.505 e. The molecule has 1 saturated heterocycles. The average molecular weight is 451 g/mol. The number of halogens is 2. The molecule has 0 saturated carbocycles. The van der Waals surface area contributed by atoms with Crippen LogP contribution in [0.1, 0.15) is 22.8 Å². The molecule has 1 amide bonds. The van der Waals surface area contributed by atoms with Gasteiger partial charge in [0.15, 0.2) is 10.9 Å². The SMILES string of the molecule is CCOC(=O)c1ccc(N=C2S/C(=C\c3cc(Cl)c(O)c(Cl)c3)C(=O)N2C)cc1. The van der Waals surface area contributed by atoms with E-state index < -0.39 is 5.97 Å². The molecule has 29 heavy (non-hydrogen) atoms. The van der Waals surface area contributed by atoms with Crippen LogP contribution in [0.5, 0.6) is 5.75 Å². The van der Waals surface area contributed by atoms with Crippen molar-refractivity contribution in [3.05, 3.63) is 62.5 Å². The number of benzene rings is 2. The standard InChI is InChI=1S/C20H16Cl2N2O4S/c1-3-28-19(27)12-4-6-13(7-5-12)23-20-24(2)18(26)16(29-20)10-11-8-14(21)17(25)15(22)9-11/h4-10,25H,3H2,1-2H3/b16-10-,23-20?. The lowest BCUT2D eigenvalue weighted by Gasteiger charge is -2.07. The maximum absolute atomic E-state index is 12.5. The number of esters is 1. The van der Waals surface area contributed by atoms with Crippen LogP contribution >= 0.6 is 35.0 Å². The van der Waals surface area contributed by atoms with Crippen molar-refractivity contribution in [2.45, 2.75) is 6.92 Å². The highest BCUT2D eigenvalue weighted by Gasteiger charge is 2.30. The van der Waals surface area contributed by atoms with E-state index in [0.29, 0.717) is 33.5 Å². The minimum atomic E-state index is -0.398. The van der Waals surface area contributed by atoms with E-state index >= 15 is 0 Å². The number of aromatic hydroxyl groups is 1. The number of thioether (sulfide) groups is 1. The molecule has 1 heterocycles. The van der Waals surface area contributed by atoms with Crippen LogP contribution in [0.3, 0.4) is 0 Å². The molecule has 2 aromatic rings. The Morgan fingerprint density at radius 1 is 1.24 bits per heavy atom. The Balaban J connectivity index is 1.84. The van der Waals surface area contributed by atoms with Crippen LogP contribution in [0, 0.1) is 0 Å². The summed E-state index contributed by atoms with van der Waals surface area (Å²) in [5.74, 6) is -0.825. The van der Waals surface area contributed by atoms with Gasteiger partial charge >= 0.3 is 5.97 Å². The Labute approximate surface area is 181 Å². The van der Waals surface area contributed by atoms with Gasteiger partial charge < -0.3 is 9.84 Å². The third-order valence-corrected chi connectivity index (χ3v) is 5.58. The number of phenols is 1. The van der Waals surface area contributed by atoms with Gasteiger partial charge in [-0.1, -0.05) is 23.2 Å². The molecule has 9 heteroatoms. The number of hydrogen-bond donors (Lipinski definition) is 1. The highest BCUT2D eigenvalue weighted by molar-refractivity contribution is 8.18. The average Bonchev–Trinajstić information content (AvgIpc) is 2.94. The van der Waals surface area contributed by atoms with E-state index in [9.17, 15) is 14.7 Å². The molecule has 1 fully saturated rings. The smallest absolute Gasteiger partial charge is 0.338 e. The maximum Gasteiger partial charge on any atom is 0.338 e. The van der Waals surface area contributed by atoms with Crippen LogP contribution in [0.25, 0.3) is 6.08 Å². The summed E-state index contributed by atoms with van der Waals surface area (Å²) in [5.41, 5.74) is 1.61. The number of carbonyl (C=O) groups excluding carboxylic acids is 2. The fourth-order valence-corrected chi connectivity index (χ4v) is 3.96. The van der Waals surface area contributed by atoms with Gasteiger partial charge in [0.1, 0.15) is 0 Å². The first kappa shape index (κ1) is 21.2. The van der Waals surface area contributed by atoms with Gasteiger partial charge in [0, 0.05) is 7.05 Å². The monoisotopic (exact) mass is 450 g/mol. The Morgan fingerprint density at radius 2 is 1.86 bits per heavy atom. The first-order valence-electron chi connectivity index (χ1n) is 8.51. The van der Waals surface area contributed by atoms with E-state index in [2.05, 4.69) is 4.99 Å². The van der Waals surface area contributed by atoms with E-state index in [-0.39, 0.29) is 21.7 Å². The van der Waals surface area contributed by atoms with E-state index in [1.54, 1.807) is 44.3 Å². The molecule has 0 atom stereocenters. The summed E-state index contributed by atoms with van der Waals surface area (Å²) in [4.78, 5) is 30.6. The Kier molecular flexibility index (Phi) is 6.52. The number of hydrogen-bond acceptors (Lipinski definition) is 6. The third-order valence-electron chi connectivity index (χ3n) is 3.94. The molecule has 1 aliphatic heterocycles. The summed E-state index contributed by atoms with van der Waals surface area (Å²) in [6, 6.07) is 9.64. The van der Waals surface area contributed by atoms with Gasteiger partial charge in [0.05, 0.1) is 32.8 Å². The first-order valence-corrected chi connectivity index (χ1v) is 10.1. The number of likely N-dealkylation sites (N-methyl/N-ethyl adjacent to an activating group) is 1. The summed E-state index contributed by atoms with van der Waals surface area (Å²) in [6.07, 6.45) is 1.63. The summed E-state index contributed by atoms with van der Waals surface area (Å²) >= 11 is 13.1. The molecule has 0 bridgehead atoms. The zero-order valence-electron chi connectivity index (χ0n) is 15.5. The molecule has 3 rings (SSSR count). The number of ether oxygens (including phenoxy) is 1. The zero-order chi connectivity index (χ0) is 21.1. The molecule has 150 valence electrons. The van der Waals surface area contributed by atoms with Gasteiger partial charge in [-0.3, -0.25) is 9.69 Å². The minimum Gasteiger partial charge on any atom is -0.505 e. The predicted molar refractivity (Wildman–Crippen MR) is 116 cm³/mol. The summed E-state index contributed by atoms with van der Waals surface area (Å²) in [5, 5.41) is 10.4. The second kappa shape index (κ2) is 8.90. The van der Waals surface area contributed by atoms with Crippen molar-refractivity contribution in [3.63, 3.8) is 0 Å². The molecule has 0 unspecified atom stereocenters. The van der Waals surface area contributed by atoms with Gasteiger partial charge in [-0.2, -0.15) is 0 Å².